The van der Waals surface area contributed by atoms with E-state index in [1.54, 1.807) is 0 Å². The molecule has 2 atom stereocenters. The Kier molecular flexibility index (Phi) is 1.45. The van der Waals surface area contributed by atoms with Crippen LogP contribution >= 0.6 is 0 Å². The number of rotatable bonds is 1. The fourth-order valence-electron chi connectivity index (χ4n) is 1.70. The van der Waals surface area contributed by atoms with Crippen molar-refractivity contribution in [2.24, 2.45) is 0 Å². The van der Waals surface area contributed by atoms with Gasteiger partial charge in [-0.15, -0.1) is 0 Å². The Morgan fingerprint density at radius 3 is 2.83 bits per heavy atom. The first-order valence-corrected chi connectivity index (χ1v) is 4.95. The first kappa shape index (κ1) is 7.96. The zero-order valence-corrected chi connectivity index (χ0v) is 6.91. The normalized spacial score (nSPS) is 34.8. The number of nitrogens with zero attached hydrogens (tertiary/aromatic N) is 1. The predicted molar refractivity (Wildman–Crippen MR) is 38.6 cm³/mol. The van der Waals surface area contributed by atoms with E-state index in [9.17, 15) is 13.2 Å². The molecule has 7 heteroatoms. The van der Waals surface area contributed by atoms with Gasteiger partial charge in [-0.25, -0.2) is 4.31 Å². The minimum atomic E-state index is -4.33. The molecule has 6 nitrogen and oxygen atoms in total. The molecular formula is C5H8N2O4S. The fraction of sp³-hybridized carbons (Fsp3) is 0.800. The quantitative estimate of drug-likeness (QED) is 0.384. The molecule has 2 aliphatic rings. The fourth-order valence-corrected chi connectivity index (χ4v) is 2.61. The first-order valence-electron chi connectivity index (χ1n) is 3.56. The summed E-state index contributed by atoms with van der Waals surface area (Å²) in [6, 6.07) is -0.764. The maximum absolute atomic E-state index is 11.0. The van der Waals surface area contributed by atoms with Crippen molar-refractivity contribution >= 4 is 16.2 Å². The molecule has 0 radical (unpaired) electrons. The van der Waals surface area contributed by atoms with Gasteiger partial charge in [-0.05, 0) is 13.0 Å². The summed E-state index contributed by atoms with van der Waals surface area (Å²) in [6.45, 7) is 0.618. The molecule has 2 aliphatic heterocycles. The standard InChI is InChI=1S/C5H8N2O4S/c8-5-4-3(1-2-6-4)7(5)12(9,10)11/h3-4,6H,1-2H2,(H,9,10,11). The monoisotopic (exact) mass is 192 g/mol. The lowest BCUT2D eigenvalue weighted by atomic mass is 10.0. The van der Waals surface area contributed by atoms with Crippen molar-refractivity contribution < 1.29 is 17.8 Å². The van der Waals surface area contributed by atoms with Crippen LogP contribution in [0.25, 0.3) is 0 Å². The third kappa shape index (κ3) is 0.869. The number of hydrogen-bond acceptors (Lipinski definition) is 4. The lowest BCUT2D eigenvalue weighted by Gasteiger charge is -2.39. The molecule has 0 spiro atoms. The molecule has 2 N–H and O–H groups in total. The number of hydrogen-bond donors (Lipinski definition) is 2. The van der Waals surface area contributed by atoms with Crippen LogP contribution in [-0.4, -0.2) is 41.8 Å². The van der Waals surface area contributed by atoms with Crippen LogP contribution in [0.15, 0.2) is 0 Å². The smallest absolute Gasteiger partial charge is 0.304 e. The summed E-state index contributed by atoms with van der Waals surface area (Å²) in [5.74, 6) is -0.556. The van der Waals surface area contributed by atoms with E-state index in [2.05, 4.69) is 5.32 Å². The summed E-state index contributed by atoms with van der Waals surface area (Å²) < 4.78 is 30.3. The van der Waals surface area contributed by atoms with Crippen LogP contribution in [0.3, 0.4) is 0 Å². The lowest BCUT2D eigenvalue weighted by Crippen LogP contribution is -2.67. The van der Waals surface area contributed by atoms with Gasteiger partial charge < -0.3 is 5.32 Å². The summed E-state index contributed by atoms with van der Waals surface area (Å²) in [5, 5.41) is 2.84. The Morgan fingerprint density at radius 2 is 2.25 bits per heavy atom. The van der Waals surface area contributed by atoms with E-state index in [4.69, 9.17) is 4.55 Å². The molecule has 12 heavy (non-hydrogen) atoms. The van der Waals surface area contributed by atoms with E-state index in [1.165, 1.54) is 0 Å². The Bertz CT molecular complexity index is 324. The van der Waals surface area contributed by atoms with Gasteiger partial charge in [-0.1, -0.05) is 0 Å². The number of carbonyl (C=O) groups excluding carboxylic acids is 1. The zero-order chi connectivity index (χ0) is 8.93. The van der Waals surface area contributed by atoms with Gasteiger partial charge in [-0.2, -0.15) is 8.42 Å². The summed E-state index contributed by atoms with van der Waals surface area (Å²) >= 11 is 0. The third-order valence-electron chi connectivity index (χ3n) is 2.22. The molecule has 0 bridgehead atoms. The van der Waals surface area contributed by atoms with Gasteiger partial charge >= 0.3 is 10.3 Å². The van der Waals surface area contributed by atoms with Gasteiger partial charge in [0, 0.05) is 0 Å². The highest BCUT2D eigenvalue weighted by atomic mass is 32.2. The average molecular weight is 192 g/mol. The summed E-state index contributed by atoms with van der Waals surface area (Å²) in [7, 11) is -4.33. The highest BCUT2D eigenvalue weighted by molar-refractivity contribution is 7.84. The van der Waals surface area contributed by atoms with Gasteiger partial charge in [0.05, 0.1) is 6.04 Å². The molecular weight excluding hydrogens is 184 g/mol. The van der Waals surface area contributed by atoms with E-state index in [0.717, 1.165) is 0 Å². The second-order valence-corrected chi connectivity index (χ2v) is 4.19. The van der Waals surface area contributed by atoms with Crippen molar-refractivity contribution in [1.82, 2.24) is 9.62 Å². The molecule has 0 aliphatic carbocycles. The average Bonchev–Trinajstić information content (AvgIpc) is 2.27. The number of fused-ring (bicyclic) bond motifs is 1. The van der Waals surface area contributed by atoms with Crippen LogP contribution in [0, 0.1) is 0 Å². The molecule has 2 rings (SSSR count). The molecule has 0 saturated carbocycles. The van der Waals surface area contributed by atoms with Crippen LogP contribution in [-0.2, 0) is 15.1 Å². The van der Waals surface area contributed by atoms with Crippen molar-refractivity contribution in [2.45, 2.75) is 18.5 Å². The van der Waals surface area contributed by atoms with Crippen molar-refractivity contribution in [3.05, 3.63) is 0 Å². The largest absolute Gasteiger partial charge is 0.362 e. The van der Waals surface area contributed by atoms with Crippen LogP contribution in [0.5, 0.6) is 0 Å². The molecule has 0 aromatic rings. The third-order valence-corrected chi connectivity index (χ3v) is 3.17. The van der Waals surface area contributed by atoms with Gasteiger partial charge in [0.2, 0.25) is 0 Å². The molecule has 0 aromatic carbocycles. The Balaban J connectivity index is 2.26. The van der Waals surface area contributed by atoms with Crippen molar-refractivity contribution in [2.75, 3.05) is 6.54 Å². The molecule has 68 valence electrons. The predicted octanol–water partition coefficient (Wildman–Crippen LogP) is -1.64. The number of amides is 1. The Hall–Kier alpha value is -0.660. The highest BCUT2D eigenvalue weighted by Gasteiger charge is 2.55. The van der Waals surface area contributed by atoms with Crippen molar-refractivity contribution in [3.8, 4) is 0 Å². The second-order valence-electron chi connectivity index (χ2n) is 2.90. The molecule has 1 amide bonds. The van der Waals surface area contributed by atoms with Gasteiger partial charge in [0.1, 0.15) is 6.04 Å². The molecule has 2 fully saturated rings. The number of nitrogens with one attached hydrogen (secondary N) is 1. The van der Waals surface area contributed by atoms with Crippen LogP contribution in [0.4, 0.5) is 0 Å². The summed E-state index contributed by atoms with van der Waals surface area (Å²) in [5.41, 5.74) is 0. The summed E-state index contributed by atoms with van der Waals surface area (Å²) in [4.78, 5) is 11.0. The highest BCUT2D eigenvalue weighted by Crippen LogP contribution is 2.29. The van der Waals surface area contributed by atoms with Crippen LogP contribution < -0.4 is 5.32 Å². The van der Waals surface area contributed by atoms with Crippen molar-refractivity contribution in [3.63, 3.8) is 0 Å². The lowest BCUT2D eigenvalue weighted by molar-refractivity contribution is -0.140. The van der Waals surface area contributed by atoms with E-state index < -0.39 is 22.3 Å². The maximum atomic E-state index is 11.0. The van der Waals surface area contributed by atoms with Gasteiger partial charge in [-0.3, -0.25) is 9.35 Å². The summed E-state index contributed by atoms with van der Waals surface area (Å²) in [6.07, 6.45) is 0.580. The Labute approximate surface area is 69.4 Å². The van der Waals surface area contributed by atoms with Crippen LogP contribution in [0.2, 0.25) is 0 Å². The Morgan fingerprint density at radius 1 is 1.58 bits per heavy atom. The topological polar surface area (TPSA) is 86.7 Å². The molecule has 2 saturated heterocycles. The van der Waals surface area contributed by atoms with E-state index in [0.29, 0.717) is 17.3 Å². The maximum Gasteiger partial charge on any atom is 0.362 e. The first-order chi connectivity index (χ1) is 5.52. The van der Waals surface area contributed by atoms with E-state index in [-0.39, 0.29) is 6.04 Å². The number of carbonyl (C=O) groups is 1. The van der Waals surface area contributed by atoms with E-state index >= 15 is 0 Å². The van der Waals surface area contributed by atoms with E-state index in [1.807, 2.05) is 0 Å². The minimum absolute atomic E-state index is 0.368. The number of β-lactam (4-membered cyclic amide) rings is 1. The molecule has 2 unspecified atom stereocenters. The molecule has 0 aromatic heterocycles. The zero-order valence-electron chi connectivity index (χ0n) is 6.10. The SMILES string of the molecule is O=C1C2NCCC2N1S(=O)(=O)O. The van der Waals surface area contributed by atoms with Crippen LogP contribution in [0.1, 0.15) is 6.42 Å². The van der Waals surface area contributed by atoms with Gasteiger partial charge in [0.15, 0.2) is 0 Å². The van der Waals surface area contributed by atoms with Gasteiger partial charge in [0.25, 0.3) is 5.91 Å². The van der Waals surface area contributed by atoms with Crippen molar-refractivity contribution in [1.29, 1.82) is 0 Å². The second kappa shape index (κ2) is 2.18. The minimum Gasteiger partial charge on any atom is -0.304 e. The molecule has 2 heterocycles.